The molecule has 3 aliphatic carbocycles. The molecule has 0 aliphatic heterocycles. The second-order valence-corrected chi connectivity index (χ2v) is 11.7. The van der Waals surface area contributed by atoms with Gasteiger partial charge in [-0.15, -0.1) is 0 Å². The zero-order chi connectivity index (χ0) is 30.0. The highest BCUT2D eigenvalue weighted by Gasteiger charge is 2.64. The molecule has 2 aromatic carbocycles. The number of ketones is 2. The summed E-state index contributed by atoms with van der Waals surface area (Å²) in [5.74, 6) is -6.65. The lowest BCUT2D eigenvalue weighted by molar-refractivity contribution is -0.153. The van der Waals surface area contributed by atoms with Gasteiger partial charge >= 0.3 is 0 Å². The van der Waals surface area contributed by atoms with Crippen LogP contribution in [0.1, 0.15) is 37.0 Å². The summed E-state index contributed by atoms with van der Waals surface area (Å²) in [4.78, 5) is 40.8. The van der Waals surface area contributed by atoms with Gasteiger partial charge in [0.25, 0.3) is 5.91 Å². The Morgan fingerprint density at radius 3 is 2.34 bits per heavy atom. The average molecular weight is 562 g/mol. The molecule has 5 rings (SSSR count). The number of nitrogens with two attached hydrogens (primary N) is 1. The Balaban J connectivity index is 1.64. The third-order valence-corrected chi connectivity index (χ3v) is 8.58. The number of carbonyl (C=O) groups is 3. The maximum absolute atomic E-state index is 14.0. The molecule has 0 saturated heterocycles. The van der Waals surface area contributed by atoms with Crippen molar-refractivity contribution in [3.8, 4) is 16.9 Å². The van der Waals surface area contributed by atoms with Crippen LogP contribution in [0.3, 0.4) is 0 Å². The predicted molar refractivity (Wildman–Crippen MR) is 152 cm³/mol. The van der Waals surface area contributed by atoms with Crippen molar-refractivity contribution in [1.29, 1.82) is 0 Å². The number of primary amides is 1. The lowest BCUT2D eigenvalue weighted by atomic mass is 9.57. The lowest BCUT2D eigenvalue weighted by Gasteiger charge is -2.50. The normalized spacial score (nSPS) is 25.9. The van der Waals surface area contributed by atoms with E-state index in [0.717, 1.165) is 16.7 Å². The van der Waals surface area contributed by atoms with Gasteiger partial charge in [-0.3, -0.25) is 19.3 Å². The number of aliphatic hydroxyl groups excluding tert-OH is 2. The van der Waals surface area contributed by atoms with E-state index in [4.69, 9.17) is 5.73 Å². The maximum Gasteiger partial charge on any atom is 0.255 e. The summed E-state index contributed by atoms with van der Waals surface area (Å²) in [6.45, 7) is 4.85. The first kappa shape index (κ1) is 28.5. The van der Waals surface area contributed by atoms with E-state index < -0.39 is 58.0 Å². The lowest BCUT2D eigenvalue weighted by Crippen LogP contribution is -2.65. The van der Waals surface area contributed by atoms with Crippen LogP contribution in [0.2, 0.25) is 0 Å². The van der Waals surface area contributed by atoms with Gasteiger partial charge in [0, 0.05) is 24.1 Å². The van der Waals surface area contributed by atoms with E-state index in [-0.39, 0.29) is 29.7 Å². The first-order valence-corrected chi connectivity index (χ1v) is 13.6. The summed E-state index contributed by atoms with van der Waals surface area (Å²) in [7, 11) is 3.15. The summed E-state index contributed by atoms with van der Waals surface area (Å²) >= 11 is 0. The van der Waals surface area contributed by atoms with Crippen molar-refractivity contribution in [3.05, 3.63) is 70.0 Å². The van der Waals surface area contributed by atoms with Gasteiger partial charge in [0.2, 0.25) is 5.78 Å². The number of phenolic OH excluding ortho intramolecular Hbond substituents is 1. The molecule has 41 heavy (non-hydrogen) atoms. The van der Waals surface area contributed by atoms with E-state index in [1.807, 2.05) is 24.3 Å². The molecular formula is C31H35N3O7. The van der Waals surface area contributed by atoms with Crippen molar-refractivity contribution in [2.75, 3.05) is 14.1 Å². The van der Waals surface area contributed by atoms with Gasteiger partial charge in [-0.25, -0.2) is 0 Å². The van der Waals surface area contributed by atoms with Crippen LogP contribution in [0, 0.1) is 11.8 Å². The third-order valence-electron chi connectivity index (χ3n) is 8.58. The highest BCUT2D eigenvalue weighted by atomic mass is 16.3. The molecule has 7 N–H and O–H groups in total. The van der Waals surface area contributed by atoms with E-state index in [1.54, 1.807) is 20.2 Å². The number of benzene rings is 2. The molecule has 10 nitrogen and oxygen atoms in total. The van der Waals surface area contributed by atoms with E-state index in [0.29, 0.717) is 18.2 Å². The second kappa shape index (κ2) is 10.1. The minimum Gasteiger partial charge on any atom is -0.508 e. The van der Waals surface area contributed by atoms with Crippen molar-refractivity contribution in [1.82, 2.24) is 10.2 Å². The van der Waals surface area contributed by atoms with Crippen molar-refractivity contribution >= 4 is 23.2 Å². The Hall–Kier alpha value is -3.99. The Kier molecular flexibility index (Phi) is 7.05. The first-order chi connectivity index (χ1) is 19.3. The zero-order valence-electron chi connectivity index (χ0n) is 23.4. The minimum atomic E-state index is -2.66. The summed E-state index contributed by atoms with van der Waals surface area (Å²) < 4.78 is 0. The van der Waals surface area contributed by atoms with Crippen molar-refractivity contribution in [2.45, 2.75) is 50.9 Å². The number of Topliss-reactive ketones (excluding diaryl/α,β-unsaturated/α-hetero) is 2. The Bertz CT molecular complexity index is 1520. The van der Waals surface area contributed by atoms with Crippen LogP contribution in [-0.2, 0) is 27.3 Å². The Morgan fingerprint density at radius 1 is 1.10 bits per heavy atom. The van der Waals surface area contributed by atoms with Gasteiger partial charge in [-0.1, -0.05) is 44.2 Å². The van der Waals surface area contributed by atoms with Crippen LogP contribution in [-0.4, -0.2) is 74.6 Å². The number of rotatable bonds is 6. The maximum atomic E-state index is 14.0. The number of likely N-dealkylation sites (N-methyl/N-ethyl adjacent to an activating group) is 1. The van der Waals surface area contributed by atoms with Crippen LogP contribution in [0.25, 0.3) is 16.9 Å². The van der Waals surface area contributed by atoms with Gasteiger partial charge < -0.3 is 31.5 Å². The molecule has 10 heteroatoms. The summed E-state index contributed by atoms with van der Waals surface area (Å²) in [5, 5.41) is 48.3. The van der Waals surface area contributed by atoms with Crippen molar-refractivity contribution in [2.24, 2.45) is 17.6 Å². The highest BCUT2D eigenvalue weighted by molar-refractivity contribution is 6.24. The van der Waals surface area contributed by atoms with E-state index in [2.05, 4.69) is 19.2 Å². The largest absolute Gasteiger partial charge is 0.508 e. The van der Waals surface area contributed by atoms with Gasteiger partial charge in [-0.2, -0.15) is 0 Å². The van der Waals surface area contributed by atoms with Gasteiger partial charge in [0.05, 0.1) is 11.6 Å². The van der Waals surface area contributed by atoms with Crippen molar-refractivity contribution < 1.29 is 34.8 Å². The van der Waals surface area contributed by atoms with Crippen LogP contribution in [0.4, 0.5) is 0 Å². The molecule has 0 heterocycles. The summed E-state index contributed by atoms with van der Waals surface area (Å²) in [6, 6.07) is 10.3. The first-order valence-electron chi connectivity index (χ1n) is 13.6. The van der Waals surface area contributed by atoms with E-state index in [9.17, 15) is 34.8 Å². The molecule has 1 saturated carbocycles. The van der Waals surface area contributed by atoms with Gasteiger partial charge in [-0.05, 0) is 61.2 Å². The molecule has 1 fully saturated rings. The molecule has 3 aliphatic rings. The molecule has 1 amide bonds. The highest BCUT2D eigenvalue weighted by Crippen LogP contribution is 2.53. The number of fused-ring (bicyclic) bond motifs is 3. The molecule has 1 unspecified atom stereocenters. The molecule has 0 spiro atoms. The fraction of sp³-hybridized carbons (Fsp3) is 0.387. The fourth-order valence-corrected chi connectivity index (χ4v) is 6.64. The number of nitrogens with zero attached hydrogens (tertiary/aromatic N) is 1. The molecule has 0 radical (unpaired) electrons. The molecule has 216 valence electrons. The fourth-order valence-electron chi connectivity index (χ4n) is 6.64. The monoisotopic (exact) mass is 561 g/mol. The Labute approximate surface area is 237 Å². The standard InChI is InChI=1S/C31H35N3O7/c1-14(2)33-13-15-5-7-16(8-6-15)18-9-10-21(35)23-19(18)11-17-12-20-25(34(3)4)27(37)24(30(32)40)29(39)31(20,41)28(38)22(17)26(23)36/h5-10,14,17,20,25,33,35-36,39,41H,11-13H2,1-4H3,(H2,32,40)/t17-,20-,25?,31-/m1/s1. The molecule has 0 aromatic heterocycles. The zero-order valence-corrected chi connectivity index (χ0v) is 23.4. The van der Waals surface area contributed by atoms with E-state index >= 15 is 0 Å². The SMILES string of the molecule is CC(C)NCc1ccc(-c2ccc(O)c3c2C[C@@H]2C[C@@H]4C(N(C)C)C(=O)C(C(N)=O)=C(O)[C@]4(O)C(=O)C2=C3O)cc1. The van der Waals surface area contributed by atoms with Crippen LogP contribution < -0.4 is 11.1 Å². The third kappa shape index (κ3) is 4.34. The topological polar surface area (TPSA) is 173 Å². The number of hydrogen-bond donors (Lipinski definition) is 6. The molecule has 2 aromatic rings. The van der Waals surface area contributed by atoms with Crippen LogP contribution in [0.15, 0.2) is 53.3 Å². The number of aromatic hydroxyl groups is 1. The number of nitrogens with one attached hydrogen (secondary N) is 1. The number of phenols is 1. The van der Waals surface area contributed by atoms with Crippen molar-refractivity contribution in [3.63, 3.8) is 0 Å². The summed E-state index contributed by atoms with van der Waals surface area (Å²) in [6.07, 6.45) is 0.273. The predicted octanol–water partition coefficient (Wildman–Crippen LogP) is 2.13. The quantitative estimate of drug-likeness (QED) is 0.289. The minimum absolute atomic E-state index is 0.0423. The number of aliphatic hydroxyl groups is 3. The average Bonchev–Trinajstić information content (AvgIpc) is 2.89. The van der Waals surface area contributed by atoms with Gasteiger partial charge in [0.1, 0.15) is 22.8 Å². The molecule has 4 atom stereocenters. The van der Waals surface area contributed by atoms with E-state index in [1.165, 1.54) is 11.0 Å². The smallest absolute Gasteiger partial charge is 0.255 e. The Morgan fingerprint density at radius 2 is 1.76 bits per heavy atom. The molecular weight excluding hydrogens is 526 g/mol. The van der Waals surface area contributed by atoms with Crippen LogP contribution >= 0.6 is 0 Å². The molecule has 0 bridgehead atoms. The summed E-state index contributed by atoms with van der Waals surface area (Å²) in [5.41, 5.74) is 5.14. The van der Waals surface area contributed by atoms with Crippen LogP contribution in [0.5, 0.6) is 5.75 Å². The van der Waals surface area contributed by atoms with Gasteiger partial charge in [0.15, 0.2) is 11.4 Å². The number of hydrogen-bond acceptors (Lipinski definition) is 9. The number of carbonyl (C=O) groups excluding carboxylic acids is 3. The second-order valence-electron chi connectivity index (χ2n) is 11.7. The number of amides is 1.